The van der Waals surface area contributed by atoms with E-state index in [1.165, 1.54) is 29.2 Å². The molecule has 2 aromatic carbocycles. The lowest BCUT2D eigenvalue weighted by molar-refractivity contribution is -0.121. The van der Waals surface area contributed by atoms with E-state index in [1.807, 2.05) is 6.07 Å². The maximum atomic E-state index is 12.4. The normalized spacial score (nSPS) is 13.3. The van der Waals surface area contributed by atoms with E-state index in [4.69, 9.17) is 10.00 Å². The first-order valence-corrected chi connectivity index (χ1v) is 10.4. The van der Waals surface area contributed by atoms with E-state index < -0.39 is 28.5 Å². The molecule has 0 unspecified atom stereocenters. The number of esters is 1. The molecule has 29 heavy (non-hydrogen) atoms. The zero-order chi connectivity index (χ0) is 20.9. The van der Waals surface area contributed by atoms with Crippen molar-refractivity contribution in [1.82, 2.24) is 4.72 Å². The third kappa shape index (κ3) is 5.40. The Labute approximate surface area is 168 Å². The Morgan fingerprint density at radius 3 is 2.34 bits per heavy atom. The van der Waals surface area contributed by atoms with Gasteiger partial charge in [-0.1, -0.05) is 18.2 Å². The van der Waals surface area contributed by atoms with Crippen LogP contribution in [-0.2, 0) is 19.6 Å². The van der Waals surface area contributed by atoms with Crippen LogP contribution in [0.4, 0.5) is 5.69 Å². The molecule has 2 aromatic rings. The van der Waals surface area contributed by atoms with Crippen molar-refractivity contribution in [2.24, 2.45) is 0 Å². The van der Waals surface area contributed by atoms with Crippen molar-refractivity contribution in [2.75, 3.05) is 18.1 Å². The second kappa shape index (κ2) is 8.86. The molecule has 0 radical (unpaired) electrons. The van der Waals surface area contributed by atoms with Crippen molar-refractivity contribution >= 4 is 27.6 Å². The number of benzene rings is 2. The lowest BCUT2D eigenvalue weighted by Crippen LogP contribution is -2.35. The molecular weight excluding hydrogens is 394 g/mol. The van der Waals surface area contributed by atoms with Crippen LogP contribution in [0.2, 0.25) is 0 Å². The molecule has 1 amide bonds. The van der Waals surface area contributed by atoms with Gasteiger partial charge in [0.25, 0.3) is 5.91 Å². The van der Waals surface area contributed by atoms with Gasteiger partial charge in [-0.05, 0) is 49.2 Å². The Bertz CT molecular complexity index is 1030. The van der Waals surface area contributed by atoms with E-state index in [0.717, 1.165) is 12.8 Å². The Hall–Kier alpha value is -3.22. The highest BCUT2D eigenvalue weighted by atomic mass is 32.2. The third-order valence-corrected chi connectivity index (χ3v) is 5.76. The predicted octanol–water partition coefficient (Wildman–Crippen LogP) is 1.84. The average Bonchev–Trinajstić information content (AvgIpc) is 3.54. The fourth-order valence-corrected chi connectivity index (χ4v) is 3.85. The summed E-state index contributed by atoms with van der Waals surface area (Å²) >= 11 is 0. The van der Waals surface area contributed by atoms with Crippen molar-refractivity contribution in [3.63, 3.8) is 0 Å². The minimum absolute atomic E-state index is 0.0170. The number of sulfonamides is 1. The largest absolute Gasteiger partial charge is 0.452 e. The third-order valence-electron chi connectivity index (χ3n) is 4.22. The van der Waals surface area contributed by atoms with Crippen LogP contribution in [0.25, 0.3) is 0 Å². The molecule has 0 atom stereocenters. The Balaban J connectivity index is 1.61. The molecular formula is C20H19N3O5S. The summed E-state index contributed by atoms with van der Waals surface area (Å²) in [5.74, 6) is -1.30. The number of ether oxygens (including phenoxy) is 1. The van der Waals surface area contributed by atoms with Crippen LogP contribution < -0.4 is 9.62 Å². The van der Waals surface area contributed by atoms with Crippen molar-refractivity contribution < 1.29 is 22.7 Å². The summed E-state index contributed by atoms with van der Waals surface area (Å²) in [7, 11) is -3.61. The summed E-state index contributed by atoms with van der Waals surface area (Å²) in [6.07, 6.45) is 1.65. The van der Waals surface area contributed by atoms with Crippen LogP contribution in [0.5, 0.6) is 0 Å². The molecule has 0 spiro atoms. The highest BCUT2D eigenvalue weighted by Crippen LogP contribution is 2.22. The van der Waals surface area contributed by atoms with Crippen molar-refractivity contribution in [1.29, 1.82) is 5.26 Å². The molecule has 1 saturated carbocycles. The summed E-state index contributed by atoms with van der Waals surface area (Å²) in [6, 6.07) is 15.8. The van der Waals surface area contributed by atoms with Crippen LogP contribution in [0.3, 0.4) is 0 Å². The number of carbonyl (C=O) groups is 2. The van der Waals surface area contributed by atoms with Crippen molar-refractivity contribution in [3.05, 3.63) is 60.2 Å². The van der Waals surface area contributed by atoms with Gasteiger partial charge in [0.15, 0.2) is 6.61 Å². The lowest BCUT2D eigenvalue weighted by Gasteiger charge is -2.19. The number of anilines is 1. The number of nitrogens with one attached hydrogen (secondary N) is 1. The minimum atomic E-state index is -3.61. The number of amides is 1. The van der Waals surface area contributed by atoms with E-state index in [9.17, 15) is 18.0 Å². The highest BCUT2D eigenvalue weighted by molar-refractivity contribution is 7.89. The van der Waals surface area contributed by atoms with Gasteiger partial charge in [0.2, 0.25) is 10.0 Å². The average molecular weight is 413 g/mol. The first kappa shape index (κ1) is 20.5. The van der Waals surface area contributed by atoms with E-state index in [1.54, 1.807) is 30.3 Å². The predicted molar refractivity (Wildman–Crippen MR) is 104 cm³/mol. The smallest absolute Gasteiger partial charge is 0.338 e. The van der Waals surface area contributed by atoms with Gasteiger partial charge >= 0.3 is 5.97 Å². The lowest BCUT2D eigenvalue weighted by atomic mass is 10.2. The van der Waals surface area contributed by atoms with Gasteiger partial charge in [-0.15, -0.1) is 0 Å². The van der Waals surface area contributed by atoms with Crippen molar-refractivity contribution in [2.45, 2.75) is 23.8 Å². The fourth-order valence-electron chi connectivity index (χ4n) is 2.55. The summed E-state index contributed by atoms with van der Waals surface area (Å²) in [5.41, 5.74) is 0.641. The Morgan fingerprint density at radius 2 is 1.76 bits per heavy atom. The first-order chi connectivity index (χ1) is 13.9. The summed E-state index contributed by atoms with van der Waals surface area (Å²) in [4.78, 5) is 25.8. The fraction of sp³-hybridized carbons (Fsp3) is 0.250. The Morgan fingerprint density at radius 1 is 1.10 bits per heavy atom. The zero-order valence-corrected chi connectivity index (χ0v) is 16.3. The van der Waals surface area contributed by atoms with Gasteiger partial charge in [-0.25, -0.2) is 17.9 Å². The standard InChI is InChI=1S/C20H19N3O5S/c21-12-13-23(17-4-2-1-3-5-17)19(24)14-28-20(25)15-6-10-18(11-7-15)29(26,27)22-16-8-9-16/h1-7,10-11,16,22H,8-9,13-14H2. The van der Waals surface area contributed by atoms with E-state index in [0.29, 0.717) is 5.69 Å². The van der Waals surface area contributed by atoms with E-state index in [2.05, 4.69) is 4.72 Å². The van der Waals surface area contributed by atoms with Gasteiger partial charge in [-0.2, -0.15) is 5.26 Å². The summed E-state index contributed by atoms with van der Waals surface area (Å²) in [6.45, 7) is -0.723. The maximum Gasteiger partial charge on any atom is 0.338 e. The molecule has 0 aromatic heterocycles. The van der Waals surface area contributed by atoms with Crippen LogP contribution in [-0.4, -0.2) is 39.5 Å². The van der Waals surface area contributed by atoms with Crippen LogP contribution in [0.1, 0.15) is 23.2 Å². The number of para-hydroxylation sites is 1. The second-order valence-electron chi connectivity index (χ2n) is 6.47. The zero-order valence-electron chi connectivity index (χ0n) is 15.4. The maximum absolute atomic E-state index is 12.4. The van der Waals surface area contributed by atoms with Gasteiger partial charge in [0.05, 0.1) is 16.5 Å². The number of nitrogens with zero attached hydrogens (tertiary/aromatic N) is 2. The van der Waals surface area contributed by atoms with Gasteiger partial charge in [-0.3, -0.25) is 9.69 Å². The number of nitriles is 1. The SMILES string of the molecule is N#CCN(C(=O)COC(=O)c1ccc(S(=O)(=O)NC2CC2)cc1)c1ccccc1. The van der Waals surface area contributed by atoms with E-state index >= 15 is 0 Å². The van der Waals surface area contributed by atoms with Crippen LogP contribution in [0, 0.1) is 11.3 Å². The number of hydrogen-bond acceptors (Lipinski definition) is 6. The molecule has 0 aliphatic heterocycles. The molecule has 0 bridgehead atoms. The molecule has 3 rings (SSSR count). The molecule has 150 valence electrons. The number of carbonyl (C=O) groups excluding carboxylic acids is 2. The second-order valence-corrected chi connectivity index (χ2v) is 8.18. The number of hydrogen-bond donors (Lipinski definition) is 1. The summed E-state index contributed by atoms with van der Waals surface area (Å²) in [5, 5.41) is 8.95. The molecule has 1 aliphatic carbocycles. The molecule has 1 aliphatic rings. The first-order valence-electron chi connectivity index (χ1n) is 8.92. The molecule has 9 heteroatoms. The topological polar surface area (TPSA) is 117 Å². The van der Waals surface area contributed by atoms with Gasteiger partial charge < -0.3 is 4.74 Å². The Kier molecular flexibility index (Phi) is 6.26. The molecule has 0 saturated heterocycles. The minimum Gasteiger partial charge on any atom is -0.452 e. The number of rotatable bonds is 8. The van der Waals surface area contributed by atoms with Crippen LogP contribution in [0.15, 0.2) is 59.5 Å². The molecule has 8 nitrogen and oxygen atoms in total. The van der Waals surface area contributed by atoms with Gasteiger partial charge in [0, 0.05) is 11.7 Å². The van der Waals surface area contributed by atoms with E-state index in [-0.39, 0.29) is 23.0 Å². The van der Waals surface area contributed by atoms with Crippen LogP contribution >= 0.6 is 0 Å². The van der Waals surface area contributed by atoms with Gasteiger partial charge in [0.1, 0.15) is 6.54 Å². The quantitative estimate of drug-likeness (QED) is 0.521. The highest BCUT2D eigenvalue weighted by Gasteiger charge is 2.28. The molecule has 1 fully saturated rings. The molecule has 1 N–H and O–H groups in total. The molecule has 0 heterocycles. The summed E-state index contributed by atoms with van der Waals surface area (Å²) < 4.78 is 31.9. The monoisotopic (exact) mass is 413 g/mol. The van der Waals surface area contributed by atoms with Crippen molar-refractivity contribution in [3.8, 4) is 6.07 Å².